The Labute approximate surface area is 183 Å². The van der Waals surface area contributed by atoms with Crippen LogP contribution >= 0.6 is 23.1 Å². The van der Waals surface area contributed by atoms with Crippen LogP contribution in [0.3, 0.4) is 0 Å². The normalized spacial score (nSPS) is 11.1. The minimum Gasteiger partial charge on any atom is -0.465 e. The van der Waals surface area contributed by atoms with Crippen LogP contribution in [-0.2, 0) is 25.2 Å². The van der Waals surface area contributed by atoms with E-state index in [1.165, 1.54) is 19.1 Å². The predicted molar refractivity (Wildman–Crippen MR) is 115 cm³/mol. The number of benzene rings is 1. The summed E-state index contributed by atoms with van der Waals surface area (Å²) in [6, 6.07) is 6.54. The first kappa shape index (κ1) is 23.9. The SMILES string of the molecule is CCSCc1ccc(C(=O)NS(=O)(=O)c2sc(C(=O)OC)c(C)c2C(=O)OC)cc1. The Kier molecular flexibility index (Phi) is 8.04. The number of carbonyl (C=O) groups is 3. The van der Waals surface area contributed by atoms with Crippen molar-refractivity contribution in [2.75, 3.05) is 20.0 Å². The molecule has 0 radical (unpaired) electrons. The first-order valence-corrected chi connectivity index (χ1v) is 12.2. The van der Waals surface area contributed by atoms with Crippen LogP contribution in [-0.4, -0.2) is 46.2 Å². The van der Waals surface area contributed by atoms with Gasteiger partial charge in [0.05, 0.1) is 19.8 Å². The lowest BCUT2D eigenvalue weighted by Gasteiger charge is -2.08. The monoisotopic (exact) mass is 471 g/mol. The smallest absolute Gasteiger partial charge is 0.348 e. The fraction of sp³-hybridized carbons (Fsp3) is 0.316. The van der Waals surface area contributed by atoms with Crippen LogP contribution in [0.25, 0.3) is 0 Å². The van der Waals surface area contributed by atoms with E-state index in [9.17, 15) is 22.8 Å². The Morgan fingerprint density at radius 3 is 2.20 bits per heavy atom. The molecule has 0 aliphatic carbocycles. The number of thiophene rings is 1. The second-order valence-corrected chi connectivity index (χ2v) is 10.1. The van der Waals surface area contributed by atoms with Gasteiger partial charge in [0, 0.05) is 11.3 Å². The first-order chi connectivity index (χ1) is 14.2. The fourth-order valence-corrected chi connectivity index (χ4v) is 5.85. The Morgan fingerprint density at radius 2 is 1.67 bits per heavy atom. The third kappa shape index (κ3) is 5.21. The van der Waals surface area contributed by atoms with Crippen LogP contribution in [0.4, 0.5) is 0 Å². The quantitative estimate of drug-likeness (QED) is 0.584. The fourth-order valence-electron chi connectivity index (χ4n) is 2.50. The van der Waals surface area contributed by atoms with Gasteiger partial charge in [-0.3, -0.25) is 4.79 Å². The molecule has 1 amide bonds. The van der Waals surface area contributed by atoms with E-state index in [2.05, 4.69) is 9.47 Å². The van der Waals surface area contributed by atoms with Crippen molar-refractivity contribution in [1.82, 2.24) is 4.72 Å². The van der Waals surface area contributed by atoms with Crippen molar-refractivity contribution in [3.8, 4) is 0 Å². The third-order valence-electron chi connectivity index (χ3n) is 4.03. The third-order valence-corrected chi connectivity index (χ3v) is 8.10. The maximum Gasteiger partial charge on any atom is 0.348 e. The summed E-state index contributed by atoms with van der Waals surface area (Å²) in [6.07, 6.45) is 0. The van der Waals surface area contributed by atoms with E-state index in [-0.39, 0.29) is 21.6 Å². The van der Waals surface area contributed by atoms with Gasteiger partial charge in [0.25, 0.3) is 15.9 Å². The number of amides is 1. The molecule has 1 heterocycles. The number of carbonyl (C=O) groups excluding carboxylic acids is 3. The molecule has 1 aromatic heterocycles. The lowest BCUT2D eigenvalue weighted by atomic mass is 10.1. The zero-order valence-electron chi connectivity index (χ0n) is 16.8. The van der Waals surface area contributed by atoms with Gasteiger partial charge in [-0.1, -0.05) is 19.1 Å². The standard InChI is InChI=1S/C19H21NO7S3/c1-5-28-10-12-6-8-13(9-7-12)16(21)20-30(24,25)19-14(17(22)26-3)11(2)15(29-19)18(23)27-4/h6-9H,5,10H2,1-4H3,(H,20,21). The molecule has 0 spiro atoms. The van der Waals surface area contributed by atoms with E-state index >= 15 is 0 Å². The van der Waals surface area contributed by atoms with Crippen LogP contribution < -0.4 is 4.72 Å². The van der Waals surface area contributed by atoms with Crippen molar-refractivity contribution in [3.63, 3.8) is 0 Å². The summed E-state index contributed by atoms with van der Waals surface area (Å²) in [6.45, 7) is 3.45. The zero-order valence-corrected chi connectivity index (χ0v) is 19.3. The number of ether oxygens (including phenoxy) is 2. The number of thioether (sulfide) groups is 1. The van der Waals surface area contributed by atoms with Crippen molar-refractivity contribution in [3.05, 3.63) is 51.4 Å². The number of hydrogen-bond donors (Lipinski definition) is 1. The van der Waals surface area contributed by atoms with Gasteiger partial charge in [-0.25, -0.2) is 22.7 Å². The first-order valence-electron chi connectivity index (χ1n) is 8.70. The van der Waals surface area contributed by atoms with Gasteiger partial charge < -0.3 is 9.47 Å². The van der Waals surface area contributed by atoms with Gasteiger partial charge in [0.1, 0.15) is 4.88 Å². The van der Waals surface area contributed by atoms with Gasteiger partial charge in [-0.05, 0) is 35.9 Å². The molecule has 0 aliphatic rings. The van der Waals surface area contributed by atoms with Crippen LogP contribution in [0.1, 0.15) is 48.4 Å². The molecular formula is C19H21NO7S3. The van der Waals surface area contributed by atoms with Gasteiger partial charge in [-0.2, -0.15) is 11.8 Å². The molecule has 0 saturated carbocycles. The summed E-state index contributed by atoms with van der Waals surface area (Å²) < 4.78 is 36.5. The molecule has 2 rings (SSSR count). The molecular weight excluding hydrogens is 450 g/mol. The van der Waals surface area contributed by atoms with Crippen LogP contribution in [0.2, 0.25) is 0 Å². The summed E-state index contributed by atoms with van der Waals surface area (Å²) in [7, 11) is -2.23. The van der Waals surface area contributed by atoms with Crippen LogP contribution in [0.5, 0.6) is 0 Å². The zero-order chi connectivity index (χ0) is 22.5. The van der Waals surface area contributed by atoms with E-state index in [1.54, 1.807) is 23.9 Å². The highest BCUT2D eigenvalue weighted by atomic mass is 32.2. The van der Waals surface area contributed by atoms with E-state index in [4.69, 9.17) is 0 Å². The summed E-state index contributed by atoms with van der Waals surface area (Å²) in [4.78, 5) is 36.5. The number of hydrogen-bond acceptors (Lipinski definition) is 9. The molecule has 11 heteroatoms. The predicted octanol–water partition coefficient (Wildman–Crippen LogP) is 3.00. The second-order valence-electron chi connectivity index (χ2n) is 5.97. The van der Waals surface area contributed by atoms with Crippen LogP contribution in [0.15, 0.2) is 28.5 Å². The van der Waals surface area contributed by atoms with Crippen molar-refractivity contribution < 1.29 is 32.3 Å². The largest absolute Gasteiger partial charge is 0.465 e. The number of sulfonamides is 1. The molecule has 0 atom stereocenters. The summed E-state index contributed by atoms with van der Waals surface area (Å²) >= 11 is 2.26. The molecule has 0 unspecified atom stereocenters. The van der Waals surface area contributed by atoms with Gasteiger partial charge >= 0.3 is 11.9 Å². The number of methoxy groups -OCH3 is 2. The van der Waals surface area contributed by atoms with Crippen LogP contribution in [0, 0.1) is 6.92 Å². The molecule has 30 heavy (non-hydrogen) atoms. The molecule has 0 aliphatic heterocycles. The minimum absolute atomic E-state index is 0.0662. The van der Waals surface area contributed by atoms with E-state index < -0.39 is 32.1 Å². The molecule has 162 valence electrons. The Hall–Kier alpha value is -2.37. The molecule has 1 aromatic carbocycles. The molecule has 0 saturated heterocycles. The van der Waals surface area contributed by atoms with E-state index in [0.717, 1.165) is 31.3 Å². The molecule has 0 bridgehead atoms. The van der Waals surface area contributed by atoms with Crippen molar-refractivity contribution >= 4 is 51.0 Å². The highest BCUT2D eigenvalue weighted by Gasteiger charge is 2.33. The van der Waals surface area contributed by atoms with Crippen molar-refractivity contribution in [1.29, 1.82) is 0 Å². The Balaban J connectivity index is 2.37. The van der Waals surface area contributed by atoms with E-state index in [1.807, 2.05) is 11.6 Å². The molecule has 1 N–H and O–H groups in total. The second kappa shape index (κ2) is 10.1. The molecule has 0 fully saturated rings. The van der Waals surface area contributed by atoms with Crippen molar-refractivity contribution in [2.24, 2.45) is 0 Å². The average Bonchev–Trinajstić information content (AvgIpc) is 3.09. The van der Waals surface area contributed by atoms with Gasteiger partial charge in [-0.15, -0.1) is 11.3 Å². The van der Waals surface area contributed by atoms with Gasteiger partial charge in [0.2, 0.25) is 0 Å². The highest BCUT2D eigenvalue weighted by molar-refractivity contribution is 7.98. The Morgan fingerprint density at radius 1 is 1.07 bits per heavy atom. The van der Waals surface area contributed by atoms with E-state index in [0.29, 0.717) is 11.3 Å². The number of nitrogens with one attached hydrogen (secondary N) is 1. The lowest BCUT2D eigenvalue weighted by Crippen LogP contribution is -2.31. The maximum absolute atomic E-state index is 12.9. The summed E-state index contributed by atoms with van der Waals surface area (Å²) in [5.74, 6) is -0.854. The summed E-state index contributed by atoms with van der Waals surface area (Å²) in [5, 5.41) is 0. The number of esters is 2. The Bertz CT molecular complexity index is 1060. The molecule has 2 aromatic rings. The highest BCUT2D eigenvalue weighted by Crippen LogP contribution is 2.33. The maximum atomic E-state index is 12.9. The average molecular weight is 472 g/mol. The molecule has 8 nitrogen and oxygen atoms in total. The van der Waals surface area contributed by atoms with Crippen molar-refractivity contribution in [2.45, 2.75) is 23.8 Å². The topological polar surface area (TPSA) is 116 Å². The summed E-state index contributed by atoms with van der Waals surface area (Å²) in [5.41, 5.74) is 0.940. The lowest BCUT2D eigenvalue weighted by molar-refractivity contribution is 0.0596. The number of rotatable bonds is 8. The minimum atomic E-state index is -4.45. The van der Waals surface area contributed by atoms with Gasteiger partial charge in [0.15, 0.2) is 4.21 Å².